The molecule has 2 aromatic heterocycles. The van der Waals surface area contributed by atoms with E-state index in [4.69, 9.17) is 14.7 Å². The van der Waals surface area contributed by atoms with Crippen LogP contribution in [0.5, 0.6) is 0 Å². The van der Waals surface area contributed by atoms with Crippen LogP contribution in [0.4, 0.5) is 16.7 Å². The summed E-state index contributed by atoms with van der Waals surface area (Å²) < 4.78 is 8.90. The van der Waals surface area contributed by atoms with E-state index in [0.29, 0.717) is 54.8 Å². The van der Waals surface area contributed by atoms with Crippen LogP contribution in [0, 0.1) is 23.2 Å². The second-order valence-electron chi connectivity index (χ2n) is 10.5. The molecule has 0 bridgehead atoms. The van der Waals surface area contributed by atoms with Gasteiger partial charge in [-0.2, -0.15) is 15.2 Å². The van der Waals surface area contributed by atoms with Gasteiger partial charge in [-0.15, -0.1) is 5.92 Å². The number of piperazine rings is 1. The smallest absolute Gasteiger partial charge is 0.410 e. The second kappa shape index (κ2) is 11.1. The van der Waals surface area contributed by atoms with Crippen LogP contribution in [-0.2, 0) is 17.8 Å². The Morgan fingerprint density at radius 1 is 1.10 bits per heavy atom. The average molecular weight is 531 g/mol. The number of anilines is 2. The number of carbonyl (C=O) groups is 1. The molecule has 3 heterocycles. The van der Waals surface area contributed by atoms with E-state index < -0.39 is 5.60 Å². The summed E-state index contributed by atoms with van der Waals surface area (Å²) >= 11 is 0. The van der Waals surface area contributed by atoms with Crippen molar-refractivity contribution in [1.82, 2.24) is 24.0 Å². The molecule has 3 aromatic rings. The first-order valence-electron chi connectivity index (χ1n) is 12.8. The Hall–Kier alpha value is -4.51. The first kappa shape index (κ1) is 27.5. The Morgan fingerprint density at radius 3 is 2.41 bits per heavy atom. The lowest BCUT2D eigenvalue weighted by molar-refractivity contribution is 0.0240. The van der Waals surface area contributed by atoms with Crippen molar-refractivity contribution >= 4 is 29.2 Å². The largest absolute Gasteiger partial charge is 0.444 e. The zero-order valence-electron chi connectivity index (χ0n) is 23.4. The average Bonchev–Trinajstić information content (AvgIpc) is 3.26. The minimum Gasteiger partial charge on any atom is -0.444 e. The monoisotopic (exact) mass is 530 g/mol. The van der Waals surface area contributed by atoms with Crippen molar-refractivity contribution in [3.8, 4) is 17.9 Å². The number of benzene rings is 1. The molecule has 1 aliphatic rings. The molecule has 39 heavy (non-hydrogen) atoms. The number of aromatic nitrogens is 4. The van der Waals surface area contributed by atoms with E-state index in [1.54, 1.807) is 38.0 Å². The molecule has 0 N–H and O–H groups in total. The van der Waals surface area contributed by atoms with Gasteiger partial charge in [0.15, 0.2) is 11.2 Å². The molecule has 1 aliphatic heterocycles. The minimum atomic E-state index is -0.565. The Labute approximate surface area is 228 Å². The summed E-state index contributed by atoms with van der Waals surface area (Å²) in [5, 5.41) is 9.58. The van der Waals surface area contributed by atoms with Crippen molar-refractivity contribution in [2.45, 2.75) is 46.4 Å². The van der Waals surface area contributed by atoms with Crippen LogP contribution >= 0.6 is 0 Å². The molecule has 0 saturated carbocycles. The SMILES string of the molecule is CC#CCn1c(N2CCN(C(=O)OC(C)(C)C)CC2)nc2nc(N(C)C)n(Cc3ccccc3C#N)c(=O)c21. The van der Waals surface area contributed by atoms with Crippen molar-refractivity contribution < 1.29 is 9.53 Å². The Bertz CT molecular complexity index is 1540. The summed E-state index contributed by atoms with van der Waals surface area (Å²) in [5.74, 6) is 6.98. The first-order valence-corrected chi connectivity index (χ1v) is 12.8. The van der Waals surface area contributed by atoms with Crippen molar-refractivity contribution in [3.05, 3.63) is 45.7 Å². The van der Waals surface area contributed by atoms with E-state index in [1.807, 2.05) is 51.9 Å². The topological polar surface area (TPSA) is 113 Å². The molecular weight excluding hydrogens is 496 g/mol. The predicted molar refractivity (Wildman–Crippen MR) is 150 cm³/mol. The number of ether oxygens (including phenoxy) is 1. The van der Waals surface area contributed by atoms with Gasteiger partial charge in [0, 0.05) is 40.3 Å². The maximum Gasteiger partial charge on any atom is 0.410 e. The van der Waals surface area contributed by atoms with E-state index in [9.17, 15) is 14.9 Å². The Morgan fingerprint density at radius 2 is 1.79 bits per heavy atom. The fourth-order valence-electron chi connectivity index (χ4n) is 4.48. The van der Waals surface area contributed by atoms with Crippen molar-refractivity contribution in [1.29, 1.82) is 5.26 Å². The third kappa shape index (κ3) is 5.83. The number of carbonyl (C=O) groups excluding carboxylic acids is 1. The standard InChI is InChI=1S/C28H34N8O3/c1-7-8-13-35-22-23(31-26(35)33-14-16-34(17-15-33)27(38)39-28(2,3)4)30-25(32(5)6)36(24(22)37)19-21-12-10-9-11-20(21)18-29/h9-12H,13-17,19H2,1-6H3. The van der Waals surface area contributed by atoms with E-state index in [2.05, 4.69) is 17.9 Å². The van der Waals surface area contributed by atoms with Crippen LogP contribution in [-0.4, -0.2) is 76.0 Å². The molecule has 1 aromatic carbocycles. The molecule has 0 atom stereocenters. The highest BCUT2D eigenvalue weighted by molar-refractivity contribution is 5.76. The fraction of sp³-hybridized carbons (Fsp3) is 0.464. The number of hydrogen-bond donors (Lipinski definition) is 0. The Balaban J connectivity index is 1.76. The zero-order valence-corrected chi connectivity index (χ0v) is 23.4. The predicted octanol–water partition coefficient (Wildman–Crippen LogP) is 2.66. The summed E-state index contributed by atoms with van der Waals surface area (Å²) in [6, 6.07) is 9.42. The number of nitrogens with zero attached hydrogens (tertiary/aromatic N) is 8. The van der Waals surface area contributed by atoms with Crippen LogP contribution in [0.25, 0.3) is 11.2 Å². The number of amides is 1. The van der Waals surface area contributed by atoms with Gasteiger partial charge in [-0.05, 0) is 39.3 Å². The van der Waals surface area contributed by atoms with Gasteiger partial charge < -0.3 is 19.4 Å². The van der Waals surface area contributed by atoms with Gasteiger partial charge in [0.25, 0.3) is 5.56 Å². The highest BCUT2D eigenvalue weighted by atomic mass is 16.6. The quantitative estimate of drug-likeness (QED) is 0.463. The summed E-state index contributed by atoms with van der Waals surface area (Å²) in [7, 11) is 3.63. The van der Waals surface area contributed by atoms with Gasteiger partial charge >= 0.3 is 6.09 Å². The maximum atomic E-state index is 14.0. The van der Waals surface area contributed by atoms with Crippen molar-refractivity contribution in [3.63, 3.8) is 0 Å². The number of rotatable bonds is 5. The molecule has 4 rings (SSSR count). The third-order valence-electron chi connectivity index (χ3n) is 6.32. The minimum absolute atomic E-state index is 0.188. The Kier molecular flexibility index (Phi) is 7.82. The number of nitriles is 1. The highest BCUT2D eigenvalue weighted by Gasteiger charge is 2.29. The highest BCUT2D eigenvalue weighted by Crippen LogP contribution is 2.24. The molecule has 1 fully saturated rings. The van der Waals surface area contributed by atoms with Gasteiger partial charge in [0.05, 0.1) is 24.7 Å². The van der Waals surface area contributed by atoms with E-state index in [1.165, 1.54) is 0 Å². The molecule has 1 amide bonds. The molecule has 1 saturated heterocycles. The van der Waals surface area contributed by atoms with Crippen LogP contribution in [0.15, 0.2) is 29.1 Å². The van der Waals surface area contributed by atoms with E-state index in [-0.39, 0.29) is 24.7 Å². The third-order valence-corrected chi connectivity index (χ3v) is 6.32. The first-order chi connectivity index (χ1) is 18.5. The van der Waals surface area contributed by atoms with Gasteiger partial charge in [0.2, 0.25) is 11.9 Å². The molecule has 0 spiro atoms. The van der Waals surface area contributed by atoms with Crippen LogP contribution in [0.2, 0.25) is 0 Å². The van der Waals surface area contributed by atoms with Gasteiger partial charge in [-0.3, -0.25) is 13.9 Å². The van der Waals surface area contributed by atoms with Gasteiger partial charge in [-0.25, -0.2) is 4.79 Å². The normalized spacial score (nSPS) is 13.6. The molecule has 204 valence electrons. The van der Waals surface area contributed by atoms with E-state index >= 15 is 0 Å². The molecule has 0 aliphatic carbocycles. The summed E-state index contributed by atoms with van der Waals surface area (Å²) in [6.45, 7) is 9.70. The summed E-state index contributed by atoms with van der Waals surface area (Å²) in [5.41, 5.74) is 1.08. The second-order valence-corrected chi connectivity index (χ2v) is 10.5. The number of fused-ring (bicyclic) bond motifs is 1. The lowest BCUT2D eigenvalue weighted by Crippen LogP contribution is -2.50. The number of hydrogen-bond acceptors (Lipinski definition) is 8. The molecular formula is C28H34N8O3. The number of imidazole rings is 1. The lowest BCUT2D eigenvalue weighted by Gasteiger charge is -2.36. The molecule has 0 unspecified atom stereocenters. The van der Waals surface area contributed by atoms with Crippen LogP contribution < -0.4 is 15.4 Å². The molecule has 0 radical (unpaired) electrons. The zero-order chi connectivity index (χ0) is 28.3. The van der Waals surface area contributed by atoms with Crippen molar-refractivity contribution in [2.24, 2.45) is 0 Å². The molecule has 11 heteroatoms. The fourth-order valence-corrected chi connectivity index (χ4v) is 4.48. The van der Waals surface area contributed by atoms with Crippen LogP contribution in [0.1, 0.15) is 38.8 Å². The van der Waals surface area contributed by atoms with Crippen LogP contribution in [0.3, 0.4) is 0 Å². The van der Waals surface area contributed by atoms with Gasteiger partial charge in [-0.1, -0.05) is 24.1 Å². The molecule has 11 nitrogen and oxygen atoms in total. The maximum absolute atomic E-state index is 14.0. The van der Waals surface area contributed by atoms with Gasteiger partial charge in [0.1, 0.15) is 5.60 Å². The van der Waals surface area contributed by atoms with Crippen molar-refractivity contribution in [2.75, 3.05) is 50.1 Å². The summed E-state index contributed by atoms with van der Waals surface area (Å²) in [4.78, 5) is 41.6. The summed E-state index contributed by atoms with van der Waals surface area (Å²) in [6.07, 6.45) is -0.342. The lowest BCUT2D eigenvalue weighted by atomic mass is 10.1. The van der Waals surface area contributed by atoms with E-state index in [0.717, 1.165) is 5.56 Å².